The van der Waals surface area contributed by atoms with E-state index in [2.05, 4.69) is 10.6 Å². The number of carboxylic acids is 1. The summed E-state index contributed by atoms with van der Waals surface area (Å²) in [4.78, 5) is 22.0. The van der Waals surface area contributed by atoms with Crippen LogP contribution in [-0.4, -0.2) is 36.8 Å². The molecule has 0 aromatic heterocycles. The quantitative estimate of drug-likeness (QED) is 0.638. The van der Waals surface area contributed by atoms with Crippen LogP contribution >= 0.6 is 0 Å². The molecule has 0 saturated heterocycles. The van der Waals surface area contributed by atoms with E-state index in [4.69, 9.17) is 9.84 Å². The van der Waals surface area contributed by atoms with Crippen molar-refractivity contribution in [1.82, 2.24) is 10.6 Å². The molecule has 0 aliphatic heterocycles. The Morgan fingerprint density at radius 1 is 1.33 bits per heavy atom. The average molecular weight is 294 g/mol. The van der Waals surface area contributed by atoms with E-state index in [1.165, 1.54) is 0 Å². The Balaban J connectivity index is 2.12. The summed E-state index contributed by atoms with van der Waals surface area (Å²) in [6.07, 6.45) is 0.0384. The predicted molar refractivity (Wildman–Crippen MR) is 79.5 cm³/mol. The van der Waals surface area contributed by atoms with Gasteiger partial charge in [0.15, 0.2) is 0 Å². The minimum absolute atomic E-state index is 0.0384. The number of hydrogen-bond acceptors (Lipinski definition) is 3. The Kier molecular flexibility index (Phi) is 7.08. The lowest BCUT2D eigenvalue weighted by molar-refractivity contribution is -0.137. The molecule has 0 aliphatic rings. The first-order valence-corrected chi connectivity index (χ1v) is 6.90. The number of ether oxygens (including phenoxy) is 1. The largest absolute Gasteiger partial charge is 0.492 e. The minimum Gasteiger partial charge on any atom is -0.492 e. The fourth-order valence-corrected chi connectivity index (χ4v) is 1.74. The van der Waals surface area contributed by atoms with Crippen LogP contribution in [0, 0.1) is 12.8 Å². The molecule has 2 amide bonds. The number of carbonyl (C=O) groups excluding carboxylic acids is 1. The molecule has 1 rings (SSSR count). The Hall–Kier alpha value is -2.24. The first-order chi connectivity index (χ1) is 9.97. The lowest BCUT2D eigenvalue weighted by Crippen LogP contribution is -2.39. The normalized spacial score (nSPS) is 11.5. The van der Waals surface area contributed by atoms with Crippen molar-refractivity contribution in [3.05, 3.63) is 29.8 Å². The lowest BCUT2D eigenvalue weighted by atomic mass is 10.1. The van der Waals surface area contributed by atoms with E-state index in [9.17, 15) is 9.59 Å². The number of carboxylic acid groups (broad SMARTS) is 1. The van der Waals surface area contributed by atoms with Gasteiger partial charge in [-0.05, 0) is 30.5 Å². The van der Waals surface area contributed by atoms with Gasteiger partial charge >= 0.3 is 12.0 Å². The van der Waals surface area contributed by atoms with Crippen LogP contribution in [0.15, 0.2) is 24.3 Å². The number of urea groups is 1. The third-order valence-corrected chi connectivity index (χ3v) is 2.78. The van der Waals surface area contributed by atoms with Gasteiger partial charge in [0.2, 0.25) is 0 Å². The number of amides is 2. The Bertz CT molecular complexity index is 476. The summed E-state index contributed by atoms with van der Waals surface area (Å²) < 4.78 is 5.50. The molecule has 1 unspecified atom stereocenters. The molecular weight excluding hydrogens is 272 g/mol. The van der Waals surface area contributed by atoms with Gasteiger partial charge in [-0.15, -0.1) is 0 Å². The van der Waals surface area contributed by atoms with Crippen LogP contribution in [0.1, 0.15) is 18.9 Å². The Labute approximate surface area is 124 Å². The highest BCUT2D eigenvalue weighted by molar-refractivity contribution is 5.74. The number of benzene rings is 1. The molecule has 0 bridgehead atoms. The van der Waals surface area contributed by atoms with Crippen molar-refractivity contribution < 1.29 is 19.4 Å². The second-order valence-electron chi connectivity index (χ2n) is 5.00. The highest BCUT2D eigenvalue weighted by atomic mass is 16.5. The SMILES string of the molecule is Cc1cccc(OCCNC(=O)NCC(C)CC(=O)O)c1. The zero-order chi connectivity index (χ0) is 15.7. The highest BCUT2D eigenvalue weighted by Gasteiger charge is 2.08. The van der Waals surface area contributed by atoms with Crippen LogP contribution in [0.2, 0.25) is 0 Å². The maximum atomic E-state index is 11.5. The molecule has 1 atom stereocenters. The molecule has 0 heterocycles. The van der Waals surface area contributed by atoms with Gasteiger partial charge in [0.25, 0.3) is 0 Å². The van der Waals surface area contributed by atoms with E-state index in [0.717, 1.165) is 11.3 Å². The molecule has 0 saturated carbocycles. The highest BCUT2D eigenvalue weighted by Crippen LogP contribution is 2.11. The van der Waals surface area contributed by atoms with Crippen LogP contribution in [0.25, 0.3) is 0 Å². The van der Waals surface area contributed by atoms with Crippen molar-refractivity contribution in [3.8, 4) is 5.75 Å². The summed E-state index contributed by atoms with van der Waals surface area (Å²) in [5, 5.41) is 13.9. The minimum atomic E-state index is -0.865. The van der Waals surface area contributed by atoms with E-state index < -0.39 is 5.97 Å². The molecule has 116 valence electrons. The van der Waals surface area contributed by atoms with Gasteiger partial charge in [-0.2, -0.15) is 0 Å². The fraction of sp³-hybridized carbons (Fsp3) is 0.467. The molecule has 3 N–H and O–H groups in total. The molecule has 0 aliphatic carbocycles. The first kappa shape index (κ1) is 16.8. The van der Waals surface area contributed by atoms with Crippen LogP contribution in [-0.2, 0) is 4.79 Å². The van der Waals surface area contributed by atoms with E-state index in [-0.39, 0.29) is 18.4 Å². The summed E-state index contributed by atoms with van der Waals surface area (Å²) in [7, 11) is 0. The van der Waals surface area contributed by atoms with Crippen molar-refractivity contribution in [3.63, 3.8) is 0 Å². The average Bonchev–Trinajstić information content (AvgIpc) is 2.41. The van der Waals surface area contributed by atoms with E-state index >= 15 is 0 Å². The van der Waals surface area contributed by atoms with Gasteiger partial charge < -0.3 is 20.5 Å². The molecule has 0 spiro atoms. The summed E-state index contributed by atoms with van der Waals surface area (Å²) in [5.41, 5.74) is 1.12. The van der Waals surface area contributed by atoms with Gasteiger partial charge in [-0.3, -0.25) is 4.79 Å². The van der Waals surface area contributed by atoms with Gasteiger partial charge in [-0.25, -0.2) is 4.79 Å². The van der Waals surface area contributed by atoms with Gasteiger partial charge in [0, 0.05) is 13.0 Å². The first-order valence-electron chi connectivity index (χ1n) is 6.90. The second-order valence-corrected chi connectivity index (χ2v) is 5.00. The van der Waals surface area contributed by atoms with E-state index in [0.29, 0.717) is 19.7 Å². The molecule has 6 nitrogen and oxygen atoms in total. The van der Waals surface area contributed by atoms with Crippen molar-refractivity contribution >= 4 is 12.0 Å². The molecule has 6 heteroatoms. The summed E-state index contributed by atoms with van der Waals surface area (Å²) in [6, 6.07) is 7.36. The third kappa shape index (κ3) is 7.81. The lowest BCUT2D eigenvalue weighted by Gasteiger charge is -2.12. The Morgan fingerprint density at radius 2 is 2.10 bits per heavy atom. The maximum absolute atomic E-state index is 11.5. The van der Waals surface area contributed by atoms with Crippen LogP contribution in [0.3, 0.4) is 0 Å². The standard InChI is InChI=1S/C15H22N2O4/c1-11-4-3-5-13(8-11)21-7-6-16-15(20)17-10-12(2)9-14(18)19/h3-5,8,12H,6-7,9-10H2,1-2H3,(H,18,19)(H2,16,17,20). The van der Waals surface area contributed by atoms with E-state index in [1.807, 2.05) is 31.2 Å². The van der Waals surface area contributed by atoms with Crippen molar-refractivity contribution in [2.45, 2.75) is 20.3 Å². The number of aryl methyl sites for hydroxylation is 1. The van der Waals surface area contributed by atoms with Gasteiger partial charge in [-0.1, -0.05) is 19.1 Å². The molecule has 1 aromatic rings. The molecule has 0 radical (unpaired) electrons. The van der Waals surface area contributed by atoms with Crippen LogP contribution in [0.4, 0.5) is 4.79 Å². The number of hydrogen-bond donors (Lipinski definition) is 3. The van der Waals surface area contributed by atoms with E-state index in [1.54, 1.807) is 6.92 Å². The number of nitrogens with one attached hydrogen (secondary N) is 2. The smallest absolute Gasteiger partial charge is 0.314 e. The topological polar surface area (TPSA) is 87.7 Å². The second kappa shape index (κ2) is 8.84. The zero-order valence-electron chi connectivity index (χ0n) is 12.4. The fourth-order valence-electron chi connectivity index (χ4n) is 1.74. The molecule has 0 fully saturated rings. The molecular formula is C15H22N2O4. The van der Waals surface area contributed by atoms with Crippen molar-refractivity contribution in [2.75, 3.05) is 19.7 Å². The van der Waals surface area contributed by atoms with Crippen LogP contribution < -0.4 is 15.4 Å². The summed E-state index contributed by atoms with van der Waals surface area (Å²) in [5.74, 6) is -0.194. The molecule has 1 aromatic carbocycles. The summed E-state index contributed by atoms with van der Waals surface area (Å²) in [6.45, 7) is 4.84. The van der Waals surface area contributed by atoms with Gasteiger partial charge in [0.1, 0.15) is 12.4 Å². The number of carbonyl (C=O) groups is 2. The van der Waals surface area contributed by atoms with Crippen LogP contribution in [0.5, 0.6) is 5.75 Å². The monoisotopic (exact) mass is 294 g/mol. The zero-order valence-corrected chi connectivity index (χ0v) is 12.4. The maximum Gasteiger partial charge on any atom is 0.314 e. The van der Waals surface area contributed by atoms with Crippen molar-refractivity contribution in [1.29, 1.82) is 0 Å². The Morgan fingerprint density at radius 3 is 2.76 bits per heavy atom. The number of rotatable bonds is 8. The number of aliphatic carboxylic acids is 1. The van der Waals surface area contributed by atoms with Crippen molar-refractivity contribution in [2.24, 2.45) is 5.92 Å². The summed E-state index contributed by atoms with van der Waals surface area (Å²) >= 11 is 0. The molecule has 21 heavy (non-hydrogen) atoms. The predicted octanol–water partition coefficient (Wildman–Crippen LogP) is 1.78. The van der Waals surface area contributed by atoms with Gasteiger partial charge in [0.05, 0.1) is 6.54 Å². The third-order valence-electron chi connectivity index (χ3n) is 2.78.